The van der Waals surface area contributed by atoms with Crippen LogP contribution in [0.15, 0.2) is 47.1 Å². The zero-order chi connectivity index (χ0) is 13.8. The first-order valence-electron chi connectivity index (χ1n) is 5.74. The normalized spacial score (nSPS) is 11.9. The number of amides is 1. The molecule has 2 aromatic rings. The average Bonchev–Trinajstić information content (AvgIpc) is 2.40. The van der Waals surface area contributed by atoms with Crippen molar-refractivity contribution in [3.63, 3.8) is 0 Å². The summed E-state index contributed by atoms with van der Waals surface area (Å²) < 4.78 is 13.6. The zero-order valence-corrected chi connectivity index (χ0v) is 11.8. The summed E-state index contributed by atoms with van der Waals surface area (Å²) in [6.07, 6.45) is 1.57. The quantitative estimate of drug-likeness (QED) is 0.940. The van der Waals surface area contributed by atoms with E-state index in [1.54, 1.807) is 30.5 Å². The highest BCUT2D eigenvalue weighted by molar-refractivity contribution is 9.10. The molecule has 2 rings (SSSR count). The molecule has 0 fully saturated rings. The number of rotatable bonds is 3. The molecule has 1 N–H and O–H groups in total. The third-order valence-corrected chi connectivity index (χ3v) is 3.15. The summed E-state index contributed by atoms with van der Waals surface area (Å²) in [7, 11) is 0. The third-order valence-electron chi connectivity index (χ3n) is 2.68. The molecule has 1 heterocycles. The van der Waals surface area contributed by atoms with Crippen LogP contribution in [0.4, 0.5) is 4.39 Å². The lowest BCUT2D eigenvalue weighted by Crippen LogP contribution is -2.27. The zero-order valence-electron chi connectivity index (χ0n) is 10.2. The van der Waals surface area contributed by atoms with Gasteiger partial charge in [0, 0.05) is 10.7 Å². The van der Waals surface area contributed by atoms with Gasteiger partial charge in [-0.3, -0.25) is 4.79 Å². The number of benzene rings is 1. The lowest BCUT2D eigenvalue weighted by Gasteiger charge is -2.14. The van der Waals surface area contributed by atoms with Crippen molar-refractivity contribution < 1.29 is 9.18 Å². The number of carbonyl (C=O) groups is 1. The summed E-state index contributed by atoms with van der Waals surface area (Å²) in [6, 6.07) is 9.22. The van der Waals surface area contributed by atoms with Gasteiger partial charge >= 0.3 is 0 Å². The summed E-state index contributed by atoms with van der Waals surface area (Å²) in [5, 5.41) is 2.81. The Hall–Kier alpha value is -1.75. The molecule has 0 saturated carbocycles. The average molecular weight is 323 g/mol. The van der Waals surface area contributed by atoms with E-state index in [2.05, 4.69) is 26.2 Å². The first-order chi connectivity index (χ1) is 9.06. The monoisotopic (exact) mass is 322 g/mol. The van der Waals surface area contributed by atoms with E-state index in [1.807, 2.05) is 6.92 Å². The van der Waals surface area contributed by atoms with Crippen molar-refractivity contribution in [2.75, 3.05) is 0 Å². The maximum atomic E-state index is 12.8. The Morgan fingerprint density at radius 3 is 2.53 bits per heavy atom. The molecule has 1 amide bonds. The molecule has 1 atom stereocenters. The van der Waals surface area contributed by atoms with Gasteiger partial charge in [-0.05, 0) is 52.7 Å². The van der Waals surface area contributed by atoms with E-state index in [-0.39, 0.29) is 17.8 Å². The van der Waals surface area contributed by atoms with Gasteiger partial charge in [0.15, 0.2) is 0 Å². The molecule has 0 aliphatic carbocycles. The van der Waals surface area contributed by atoms with E-state index in [9.17, 15) is 9.18 Å². The topological polar surface area (TPSA) is 42.0 Å². The Labute approximate surface area is 119 Å². The van der Waals surface area contributed by atoms with E-state index in [0.717, 1.165) is 10.0 Å². The maximum Gasteiger partial charge on any atom is 0.270 e. The van der Waals surface area contributed by atoms with E-state index < -0.39 is 0 Å². The first kappa shape index (κ1) is 13.7. The van der Waals surface area contributed by atoms with Crippen molar-refractivity contribution in [3.05, 3.63) is 64.1 Å². The van der Waals surface area contributed by atoms with Crippen molar-refractivity contribution in [1.29, 1.82) is 0 Å². The van der Waals surface area contributed by atoms with E-state index in [4.69, 9.17) is 0 Å². The highest BCUT2D eigenvalue weighted by Gasteiger charge is 2.12. The summed E-state index contributed by atoms with van der Waals surface area (Å²) in [6.45, 7) is 1.84. The first-order valence-corrected chi connectivity index (χ1v) is 6.53. The number of hydrogen-bond donors (Lipinski definition) is 1. The largest absolute Gasteiger partial charge is 0.344 e. The molecule has 1 unspecified atom stereocenters. The van der Waals surface area contributed by atoms with Gasteiger partial charge in [-0.25, -0.2) is 9.37 Å². The Kier molecular flexibility index (Phi) is 4.27. The van der Waals surface area contributed by atoms with Crippen LogP contribution in [0, 0.1) is 5.82 Å². The van der Waals surface area contributed by atoms with Crippen molar-refractivity contribution in [1.82, 2.24) is 10.3 Å². The standard InChI is InChI=1S/C14H12BrFN2O/c1-9(10-2-5-12(16)6-3-10)18-14(19)13-7-4-11(15)8-17-13/h2-9H,1H3,(H,18,19). The molecule has 19 heavy (non-hydrogen) atoms. The predicted octanol–water partition coefficient (Wildman–Crippen LogP) is 3.47. The Morgan fingerprint density at radius 2 is 1.95 bits per heavy atom. The minimum Gasteiger partial charge on any atom is -0.344 e. The van der Waals surface area contributed by atoms with Crippen molar-refractivity contribution in [2.45, 2.75) is 13.0 Å². The molecule has 1 aromatic carbocycles. The number of nitrogens with one attached hydrogen (secondary N) is 1. The molecular weight excluding hydrogens is 311 g/mol. The smallest absolute Gasteiger partial charge is 0.270 e. The van der Waals surface area contributed by atoms with Crippen LogP contribution in [0.2, 0.25) is 0 Å². The lowest BCUT2D eigenvalue weighted by molar-refractivity contribution is 0.0935. The molecule has 3 nitrogen and oxygen atoms in total. The number of pyridine rings is 1. The van der Waals surface area contributed by atoms with E-state index in [0.29, 0.717) is 5.69 Å². The molecule has 0 saturated heterocycles. The van der Waals surface area contributed by atoms with Crippen molar-refractivity contribution in [2.24, 2.45) is 0 Å². The fourth-order valence-electron chi connectivity index (χ4n) is 1.62. The molecule has 0 bridgehead atoms. The highest BCUT2D eigenvalue weighted by Crippen LogP contribution is 2.14. The summed E-state index contributed by atoms with van der Waals surface area (Å²) >= 11 is 3.26. The predicted molar refractivity (Wildman–Crippen MR) is 74.2 cm³/mol. The van der Waals surface area contributed by atoms with Crippen LogP contribution >= 0.6 is 15.9 Å². The highest BCUT2D eigenvalue weighted by atomic mass is 79.9. The van der Waals surface area contributed by atoms with Gasteiger partial charge in [0.25, 0.3) is 5.91 Å². The van der Waals surface area contributed by atoms with Gasteiger partial charge in [-0.1, -0.05) is 12.1 Å². The van der Waals surface area contributed by atoms with Crippen LogP contribution in [0.5, 0.6) is 0 Å². The number of nitrogens with zero attached hydrogens (tertiary/aromatic N) is 1. The van der Waals surface area contributed by atoms with Gasteiger partial charge in [-0.15, -0.1) is 0 Å². The Bertz CT molecular complexity index is 569. The molecule has 0 radical (unpaired) electrons. The minimum absolute atomic E-state index is 0.210. The van der Waals surface area contributed by atoms with Crippen LogP contribution in [-0.4, -0.2) is 10.9 Å². The Morgan fingerprint density at radius 1 is 1.26 bits per heavy atom. The second-order valence-corrected chi connectivity index (χ2v) is 5.02. The van der Waals surface area contributed by atoms with E-state index >= 15 is 0 Å². The summed E-state index contributed by atoms with van der Waals surface area (Å²) in [5.41, 5.74) is 1.18. The molecule has 98 valence electrons. The van der Waals surface area contributed by atoms with Gasteiger partial charge in [0.1, 0.15) is 11.5 Å². The van der Waals surface area contributed by atoms with Crippen LogP contribution in [0.25, 0.3) is 0 Å². The molecular formula is C14H12BrFN2O. The van der Waals surface area contributed by atoms with Gasteiger partial charge < -0.3 is 5.32 Å². The van der Waals surface area contributed by atoms with Gasteiger partial charge in [0.2, 0.25) is 0 Å². The molecule has 0 aliphatic heterocycles. The number of halogens is 2. The molecule has 1 aromatic heterocycles. The molecule has 0 spiro atoms. The molecule has 5 heteroatoms. The minimum atomic E-state index is -0.295. The van der Waals surface area contributed by atoms with Crippen LogP contribution in [0.3, 0.4) is 0 Å². The van der Waals surface area contributed by atoms with E-state index in [1.165, 1.54) is 12.1 Å². The summed E-state index contributed by atoms with van der Waals surface area (Å²) in [4.78, 5) is 16.0. The lowest BCUT2D eigenvalue weighted by atomic mass is 10.1. The van der Waals surface area contributed by atoms with Crippen LogP contribution < -0.4 is 5.32 Å². The van der Waals surface area contributed by atoms with Crippen LogP contribution in [-0.2, 0) is 0 Å². The van der Waals surface area contributed by atoms with Gasteiger partial charge in [-0.2, -0.15) is 0 Å². The van der Waals surface area contributed by atoms with Gasteiger partial charge in [0.05, 0.1) is 6.04 Å². The van der Waals surface area contributed by atoms with Crippen LogP contribution in [0.1, 0.15) is 29.0 Å². The number of carbonyl (C=O) groups excluding carboxylic acids is 1. The fraction of sp³-hybridized carbons (Fsp3) is 0.143. The van der Waals surface area contributed by atoms with Crippen molar-refractivity contribution >= 4 is 21.8 Å². The number of hydrogen-bond acceptors (Lipinski definition) is 2. The maximum absolute atomic E-state index is 12.8. The SMILES string of the molecule is CC(NC(=O)c1ccc(Br)cn1)c1ccc(F)cc1. The van der Waals surface area contributed by atoms with Crippen molar-refractivity contribution in [3.8, 4) is 0 Å². The second-order valence-electron chi connectivity index (χ2n) is 4.11. The number of aromatic nitrogens is 1. The summed E-state index contributed by atoms with van der Waals surface area (Å²) in [5.74, 6) is -0.554. The third kappa shape index (κ3) is 3.61. The second kappa shape index (κ2) is 5.93. The fourth-order valence-corrected chi connectivity index (χ4v) is 1.85. The Balaban J connectivity index is 2.06. The molecule has 0 aliphatic rings.